The molecule has 0 spiro atoms. The molecule has 1 aromatic carbocycles. The van der Waals surface area contributed by atoms with Crippen LogP contribution in [0.4, 0.5) is 0 Å². The number of methoxy groups -OCH3 is 1. The lowest BCUT2D eigenvalue weighted by Gasteiger charge is -2.57. The molecule has 0 unspecified atom stereocenters. The van der Waals surface area contributed by atoms with Gasteiger partial charge in [0.1, 0.15) is 5.75 Å². The number of rotatable bonds is 6. The highest BCUT2D eigenvalue weighted by Gasteiger charge is 2.48. The zero-order chi connectivity index (χ0) is 20.4. The molecule has 3 saturated heterocycles. The Balaban J connectivity index is 1.56. The van der Waals surface area contributed by atoms with Crippen molar-refractivity contribution >= 4 is 5.91 Å². The van der Waals surface area contributed by atoms with Crippen molar-refractivity contribution in [2.24, 2.45) is 17.6 Å². The number of fused-ring (bicyclic) bond motifs is 4. The average molecular weight is 400 g/mol. The third-order valence-corrected chi connectivity index (χ3v) is 7.43. The third-order valence-electron chi connectivity index (χ3n) is 7.43. The van der Waals surface area contributed by atoms with Crippen molar-refractivity contribution in [1.29, 1.82) is 0 Å². The van der Waals surface area contributed by atoms with Crippen LogP contribution in [0.2, 0.25) is 0 Å². The number of ether oxygens (including phenoxy) is 1. The van der Waals surface area contributed by atoms with Crippen LogP contribution in [0.3, 0.4) is 0 Å². The van der Waals surface area contributed by atoms with E-state index in [1.54, 1.807) is 7.11 Å². The number of likely N-dealkylation sites (tertiary alicyclic amines) is 1. The largest absolute Gasteiger partial charge is 0.497 e. The van der Waals surface area contributed by atoms with Crippen LogP contribution in [0, 0.1) is 11.8 Å². The summed E-state index contributed by atoms with van der Waals surface area (Å²) in [6.07, 6.45) is 7.92. The van der Waals surface area contributed by atoms with Crippen molar-refractivity contribution in [3.8, 4) is 5.75 Å². The summed E-state index contributed by atoms with van der Waals surface area (Å²) < 4.78 is 5.45. The van der Waals surface area contributed by atoms with Crippen molar-refractivity contribution < 1.29 is 9.53 Å². The predicted octanol–water partition coefficient (Wildman–Crippen LogP) is 3.07. The number of benzene rings is 1. The van der Waals surface area contributed by atoms with Crippen molar-refractivity contribution in [2.75, 3.05) is 26.7 Å². The van der Waals surface area contributed by atoms with Crippen molar-refractivity contribution in [3.05, 3.63) is 29.8 Å². The van der Waals surface area contributed by atoms with E-state index in [0.717, 1.165) is 38.1 Å². The average Bonchev–Trinajstić information content (AvgIpc) is 2.76. The van der Waals surface area contributed by atoms with Gasteiger partial charge in [0.05, 0.1) is 13.2 Å². The summed E-state index contributed by atoms with van der Waals surface area (Å²) in [6.45, 7) is 5.07. The molecule has 5 heteroatoms. The number of hydrogen-bond acceptors (Lipinski definition) is 4. The van der Waals surface area contributed by atoms with Crippen LogP contribution in [0.25, 0.3) is 0 Å². The Kier molecular flexibility index (Phi) is 6.45. The number of hydrogen-bond donors (Lipinski definition) is 1. The van der Waals surface area contributed by atoms with Gasteiger partial charge < -0.3 is 15.4 Å². The third kappa shape index (κ3) is 4.31. The molecule has 1 amide bonds. The van der Waals surface area contributed by atoms with Gasteiger partial charge in [-0.25, -0.2) is 0 Å². The fourth-order valence-electron chi connectivity index (χ4n) is 6.08. The first-order chi connectivity index (χ1) is 14.1. The Morgan fingerprint density at radius 3 is 2.90 bits per heavy atom. The summed E-state index contributed by atoms with van der Waals surface area (Å²) in [5.74, 6) is 2.24. The highest BCUT2D eigenvalue weighted by atomic mass is 16.5. The Morgan fingerprint density at radius 2 is 2.10 bits per heavy atom. The molecule has 3 aliphatic rings. The number of carbonyl (C=O) groups excluding carboxylic acids is 1. The van der Waals surface area contributed by atoms with Gasteiger partial charge in [0.15, 0.2) is 0 Å². The van der Waals surface area contributed by atoms with Crippen LogP contribution in [0.5, 0.6) is 5.75 Å². The maximum absolute atomic E-state index is 13.0. The molecule has 3 heterocycles. The SMILES string of the molecule is CCC[C@H](N)C(=O)N1C[C@H]2C[C@@H](C1)[C@H](Cc1cccc(OC)c1)N1CCCC[C@@H]21. The highest BCUT2D eigenvalue weighted by Crippen LogP contribution is 2.42. The summed E-state index contributed by atoms with van der Waals surface area (Å²) in [5.41, 5.74) is 7.55. The fraction of sp³-hybridized carbons (Fsp3) is 0.708. The highest BCUT2D eigenvalue weighted by molar-refractivity contribution is 5.81. The van der Waals surface area contributed by atoms with Crippen LogP contribution in [-0.4, -0.2) is 60.6 Å². The summed E-state index contributed by atoms with van der Waals surface area (Å²) in [4.78, 5) is 17.9. The van der Waals surface area contributed by atoms with E-state index in [-0.39, 0.29) is 11.9 Å². The number of nitrogens with zero attached hydrogens (tertiary/aromatic N) is 2. The number of piperidine rings is 3. The fourth-order valence-corrected chi connectivity index (χ4v) is 6.08. The minimum Gasteiger partial charge on any atom is -0.497 e. The normalized spacial score (nSPS) is 30.5. The van der Waals surface area contributed by atoms with E-state index in [1.807, 2.05) is 6.07 Å². The summed E-state index contributed by atoms with van der Waals surface area (Å²) >= 11 is 0. The number of amides is 1. The van der Waals surface area contributed by atoms with Crippen LogP contribution in [0.15, 0.2) is 24.3 Å². The number of carbonyl (C=O) groups is 1. The molecule has 2 N–H and O–H groups in total. The second kappa shape index (κ2) is 9.05. The first kappa shape index (κ1) is 20.7. The Bertz CT molecular complexity index is 709. The van der Waals surface area contributed by atoms with Gasteiger partial charge in [0.25, 0.3) is 0 Å². The van der Waals surface area contributed by atoms with Gasteiger partial charge in [-0.2, -0.15) is 0 Å². The lowest BCUT2D eigenvalue weighted by atomic mass is 9.71. The first-order valence-electron chi connectivity index (χ1n) is 11.5. The topological polar surface area (TPSA) is 58.8 Å². The lowest BCUT2D eigenvalue weighted by molar-refractivity contribution is -0.142. The van der Waals surface area contributed by atoms with Gasteiger partial charge in [0.2, 0.25) is 5.91 Å². The Hall–Kier alpha value is -1.59. The maximum atomic E-state index is 13.0. The number of nitrogens with two attached hydrogens (primary N) is 1. The molecule has 160 valence electrons. The molecule has 29 heavy (non-hydrogen) atoms. The van der Waals surface area contributed by atoms with Gasteiger partial charge in [-0.1, -0.05) is 31.9 Å². The quantitative estimate of drug-likeness (QED) is 0.799. The molecule has 0 saturated carbocycles. The summed E-state index contributed by atoms with van der Waals surface area (Å²) in [7, 11) is 1.73. The Morgan fingerprint density at radius 1 is 1.28 bits per heavy atom. The van der Waals surface area contributed by atoms with E-state index in [4.69, 9.17) is 10.5 Å². The van der Waals surface area contributed by atoms with Gasteiger partial charge >= 0.3 is 0 Å². The lowest BCUT2D eigenvalue weighted by Crippen LogP contribution is -2.65. The minimum atomic E-state index is -0.335. The van der Waals surface area contributed by atoms with E-state index in [1.165, 1.54) is 37.8 Å². The van der Waals surface area contributed by atoms with Gasteiger partial charge in [-0.05, 0) is 68.2 Å². The van der Waals surface area contributed by atoms with Crippen molar-refractivity contribution in [3.63, 3.8) is 0 Å². The van der Waals surface area contributed by atoms with Gasteiger partial charge in [-0.15, -0.1) is 0 Å². The summed E-state index contributed by atoms with van der Waals surface area (Å²) in [6, 6.07) is 9.28. The predicted molar refractivity (Wildman–Crippen MR) is 116 cm³/mol. The molecule has 1 aromatic rings. The monoisotopic (exact) mass is 399 g/mol. The molecular weight excluding hydrogens is 362 g/mol. The Labute approximate surface area is 175 Å². The molecule has 0 aliphatic carbocycles. The first-order valence-corrected chi connectivity index (χ1v) is 11.5. The molecule has 3 aliphatic heterocycles. The van der Waals surface area contributed by atoms with Crippen LogP contribution in [0.1, 0.15) is 51.0 Å². The van der Waals surface area contributed by atoms with Crippen LogP contribution >= 0.6 is 0 Å². The van der Waals surface area contributed by atoms with Crippen molar-refractivity contribution in [1.82, 2.24) is 9.80 Å². The molecule has 2 bridgehead atoms. The molecule has 0 aromatic heterocycles. The van der Waals surface area contributed by atoms with Crippen LogP contribution < -0.4 is 10.5 Å². The maximum Gasteiger partial charge on any atom is 0.239 e. The zero-order valence-electron chi connectivity index (χ0n) is 18.1. The minimum absolute atomic E-state index is 0.172. The van der Waals surface area contributed by atoms with E-state index in [9.17, 15) is 4.79 Å². The molecule has 5 nitrogen and oxygen atoms in total. The smallest absolute Gasteiger partial charge is 0.239 e. The van der Waals surface area contributed by atoms with Crippen molar-refractivity contribution in [2.45, 2.75) is 70.0 Å². The van der Waals surface area contributed by atoms with E-state index in [0.29, 0.717) is 23.9 Å². The molecule has 0 radical (unpaired) electrons. The van der Waals surface area contributed by atoms with E-state index >= 15 is 0 Å². The van der Waals surface area contributed by atoms with Gasteiger partial charge in [0, 0.05) is 25.2 Å². The summed E-state index contributed by atoms with van der Waals surface area (Å²) in [5, 5.41) is 0. The second-order valence-electron chi connectivity index (χ2n) is 9.32. The molecular formula is C24H37N3O2. The standard InChI is InChI=1S/C24H37N3O2/c1-3-7-21(25)24(28)26-15-18-14-19(16-26)23(27-11-5-4-10-22(18)27)13-17-8-6-9-20(12-17)29-2/h6,8-9,12,18-19,21-23H,3-5,7,10-11,13-16,25H2,1-2H3/t18-,19+,21+,22+,23+/m1/s1. The van der Waals surface area contributed by atoms with E-state index < -0.39 is 0 Å². The molecule has 5 atom stereocenters. The molecule has 3 fully saturated rings. The van der Waals surface area contributed by atoms with Gasteiger partial charge in [-0.3, -0.25) is 9.69 Å². The van der Waals surface area contributed by atoms with Crippen LogP contribution in [-0.2, 0) is 11.2 Å². The molecule has 4 rings (SSSR count). The zero-order valence-corrected chi connectivity index (χ0v) is 18.1. The second-order valence-corrected chi connectivity index (χ2v) is 9.32. The van der Waals surface area contributed by atoms with E-state index in [2.05, 4.69) is 34.9 Å².